The fraction of sp³-hybridized carbons (Fsp3) is 0.633. The van der Waals surface area contributed by atoms with Crippen LogP contribution in [0.15, 0.2) is 16.9 Å². The Labute approximate surface area is 248 Å². The van der Waals surface area contributed by atoms with E-state index in [2.05, 4.69) is 36.6 Å². The molecular weight excluding hydrogens is 536 g/mol. The number of H-pyrrole nitrogens is 1. The molecule has 2 saturated heterocycles. The number of pyridine rings is 2. The number of nitrogens with zero attached hydrogens (tertiary/aromatic N) is 4. The maximum Gasteiger partial charge on any atom is 0.253 e. The minimum Gasteiger partial charge on any atom is -0.368 e. The van der Waals surface area contributed by atoms with E-state index in [-0.39, 0.29) is 30.6 Å². The molecule has 2 aromatic heterocycles. The largest absolute Gasteiger partial charge is 0.368 e. The van der Waals surface area contributed by atoms with E-state index in [4.69, 9.17) is 10.7 Å². The Morgan fingerprint density at radius 1 is 1.12 bits per heavy atom. The summed E-state index contributed by atoms with van der Waals surface area (Å²) in [5.41, 5.74) is 9.39. The maximum absolute atomic E-state index is 13.5. The monoisotopic (exact) mass is 584 g/mol. The molecule has 0 aromatic carbocycles. The molecule has 2 aliphatic rings. The van der Waals surface area contributed by atoms with Gasteiger partial charge in [0.15, 0.2) is 0 Å². The first-order chi connectivity index (χ1) is 19.7. The molecule has 0 radical (unpaired) electrons. The first-order valence-electron chi connectivity index (χ1n) is 14.9. The molecule has 11 heteroatoms. The van der Waals surface area contributed by atoms with Gasteiger partial charge in [0.2, 0.25) is 0 Å². The molecule has 4 heterocycles. The van der Waals surface area contributed by atoms with Crippen LogP contribution >= 0.6 is 11.8 Å². The van der Waals surface area contributed by atoms with E-state index < -0.39 is 0 Å². The molecule has 2 aliphatic heterocycles. The summed E-state index contributed by atoms with van der Waals surface area (Å²) in [6, 6.07) is 4.51. The van der Waals surface area contributed by atoms with Crippen LogP contribution < -0.4 is 26.8 Å². The second kappa shape index (κ2) is 14.5. The van der Waals surface area contributed by atoms with Crippen molar-refractivity contribution in [3.8, 4) is 0 Å². The number of aromatic nitrogens is 2. The van der Waals surface area contributed by atoms with Gasteiger partial charge in [-0.05, 0) is 64.5 Å². The fourth-order valence-corrected chi connectivity index (χ4v) is 6.36. The molecule has 2 fully saturated rings. The number of nitrogens with two attached hydrogens (primary N) is 1. The molecule has 0 aliphatic carbocycles. The lowest BCUT2D eigenvalue weighted by Crippen LogP contribution is -2.53. The summed E-state index contributed by atoms with van der Waals surface area (Å²) in [6.07, 6.45) is 4.33. The number of carbonyl (C=O) groups excluding carboxylic acids is 1. The van der Waals surface area contributed by atoms with E-state index >= 15 is 0 Å². The first-order valence-corrected chi connectivity index (χ1v) is 16.3. The number of carbonyl (C=O) groups is 1. The van der Waals surface area contributed by atoms with Crippen molar-refractivity contribution in [2.75, 3.05) is 68.0 Å². The highest BCUT2D eigenvalue weighted by Crippen LogP contribution is 2.28. The third-order valence-electron chi connectivity index (χ3n) is 8.23. The van der Waals surface area contributed by atoms with Gasteiger partial charge in [-0.15, -0.1) is 0 Å². The fourth-order valence-electron chi connectivity index (χ4n) is 5.92. The van der Waals surface area contributed by atoms with E-state index in [1.54, 1.807) is 0 Å². The second-order valence-corrected chi connectivity index (χ2v) is 12.6. The van der Waals surface area contributed by atoms with Gasteiger partial charge in [0, 0.05) is 93.6 Å². The van der Waals surface area contributed by atoms with Crippen molar-refractivity contribution >= 4 is 29.3 Å². The number of rotatable bonds is 11. The van der Waals surface area contributed by atoms with Gasteiger partial charge in [0.1, 0.15) is 11.6 Å². The summed E-state index contributed by atoms with van der Waals surface area (Å²) in [5, 5.41) is 6.38. The number of piperidine rings is 1. The summed E-state index contributed by atoms with van der Waals surface area (Å²) in [6.45, 7) is 15.7. The molecule has 226 valence electrons. The number of aromatic amines is 1. The van der Waals surface area contributed by atoms with Crippen LogP contribution in [-0.4, -0.2) is 95.6 Å². The van der Waals surface area contributed by atoms with Crippen LogP contribution in [0, 0.1) is 13.8 Å². The Hall–Kier alpha value is -2.60. The maximum atomic E-state index is 13.5. The molecule has 2 aromatic rings. The zero-order chi connectivity index (χ0) is 29.5. The van der Waals surface area contributed by atoms with Crippen LogP contribution in [0.5, 0.6) is 0 Å². The summed E-state index contributed by atoms with van der Waals surface area (Å²) >= 11 is 1.92. The van der Waals surface area contributed by atoms with Crippen LogP contribution in [-0.2, 0) is 13.1 Å². The normalized spacial score (nSPS) is 17.3. The Balaban J connectivity index is 1.47. The topological polar surface area (TPSA) is 123 Å². The number of hydrogen-bond donors (Lipinski definition) is 4. The number of thioether (sulfide) groups is 1. The molecule has 0 bridgehead atoms. The lowest BCUT2D eigenvalue weighted by Gasteiger charge is -2.43. The SMILES string of the molecule is CSCCN1CCN(C2CCN(c3cc(C(=O)NCc4c(C)cc(C)[nH]c4=O)c(CN)c(NC(C)C)n3)CC2)CC1. The van der Waals surface area contributed by atoms with Crippen molar-refractivity contribution in [1.29, 1.82) is 0 Å². The van der Waals surface area contributed by atoms with Crippen LogP contribution in [0.3, 0.4) is 0 Å². The van der Waals surface area contributed by atoms with Crippen molar-refractivity contribution in [1.82, 2.24) is 25.1 Å². The molecule has 1 amide bonds. The van der Waals surface area contributed by atoms with E-state index in [9.17, 15) is 9.59 Å². The van der Waals surface area contributed by atoms with Gasteiger partial charge >= 0.3 is 0 Å². The highest BCUT2D eigenvalue weighted by molar-refractivity contribution is 7.98. The van der Waals surface area contributed by atoms with Gasteiger partial charge < -0.3 is 26.3 Å². The first kappa shape index (κ1) is 31.3. The summed E-state index contributed by atoms with van der Waals surface area (Å²) < 4.78 is 0. The highest BCUT2D eigenvalue weighted by Gasteiger charge is 2.29. The third kappa shape index (κ3) is 8.03. The summed E-state index contributed by atoms with van der Waals surface area (Å²) in [5.74, 6) is 2.39. The number of nitrogens with one attached hydrogen (secondary N) is 3. The minimum atomic E-state index is -0.255. The highest BCUT2D eigenvalue weighted by atomic mass is 32.2. The van der Waals surface area contributed by atoms with Gasteiger partial charge in [0.05, 0.1) is 5.56 Å². The Kier molecular flexibility index (Phi) is 11.1. The number of hydrogen-bond acceptors (Lipinski definition) is 9. The number of anilines is 2. The van der Waals surface area contributed by atoms with Gasteiger partial charge in [-0.1, -0.05) is 0 Å². The molecule has 4 rings (SSSR count). The summed E-state index contributed by atoms with van der Waals surface area (Å²) in [4.78, 5) is 41.4. The predicted octanol–water partition coefficient (Wildman–Crippen LogP) is 2.55. The lowest BCUT2D eigenvalue weighted by molar-refractivity contribution is 0.0883. The van der Waals surface area contributed by atoms with Crippen molar-refractivity contribution < 1.29 is 4.79 Å². The van der Waals surface area contributed by atoms with Crippen LogP contribution in [0.1, 0.15) is 59.4 Å². The van der Waals surface area contributed by atoms with E-state index in [1.807, 2.05) is 51.6 Å². The van der Waals surface area contributed by atoms with Crippen molar-refractivity contribution in [2.45, 2.75) is 65.7 Å². The molecule has 0 spiro atoms. The van der Waals surface area contributed by atoms with Crippen molar-refractivity contribution in [3.63, 3.8) is 0 Å². The second-order valence-electron chi connectivity index (χ2n) is 11.6. The predicted molar refractivity (Wildman–Crippen MR) is 170 cm³/mol. The smallest absolute Gasteiger partial charge is 0.253 e. The Morgan fingerprint density at radius 3 is 2.44 bits per heavy atom. The quantitative estimate of drug-likeness (QED) is 0.316. The lowest BCUT2D eigenvalue weighted by atomic mass is 10.0. The van der Waals surface area contributed by atoms with Gasteiger partial charge in [-0.2, -0.15) is 11.8 Å². The van der Waals surface area contributed by atoms with E-state index in [1.165, 1.54) is 12.3 Å². The van der Waals surface area contributed by atoms with Gasteiger partial charge in [-0.25, -0.2) is 4.98 Å². The van der Waals surface area contributed by atoms with E-state index in [0.717, 1.165) is 69.2 Å². The van der Waals surface area contributed by atoms with Crippen molar-refractivity contribution in [2.24, 2.45) is 5.73 Å². The molecule has 0 atom stereocenters. The van der Waals surface area contributed by atoms with Crippen molar-refractivity contribution in [3.05, 3.63) is 50.4 Å². The Morgan fingerprint density at radius 2 is 1.83 bits per heavy atom. The average Bonchev–Trinajstić information content (AvgIpc) is 2.95. The molecule has 41 heavy (non-hydrogen) atoms. The van der Waals surface area contributed by atoms with Crippen LogP contribution in [0.4, 0.5) is 11.6 Å². The van der Waals surface area contributed by atoms with Crippen LogP contribution in [0.2, 0.25) is 0 Å². The van der Waals surface area contributed by atoms with Gasteiger partial charge in [-0.3, -0.25) is 19.4 Å². The molecule has 5 N–H and O–H groups in total. The van der Waals surface area contributed by atoms with E-state index in [0.29, 0.717) is 28.6 Å². The molecule has 0 saturated carbocycles. The zero-order valence-electron chi connectivity index (χ0n) is 25.4. The number of amides is 1. The Bertz CT molecular complexity index is 1230. The zero-order valence-corrected chi connectivity index (χ0v) is 26.2. The molecule has 0 unspecified atom stereocenters. The average molecular weight is 585 g/mol. The standard InChI is InChI=1S/C30H48N8O2S/c1-20(2)33-28-25(18-31)24(29(39)32-19-26-21(3)16-22(4)34-30(26)40)17-27(35-28)38-8-6-23(7-9-38)37-12-10-36(11-13-37)14-15-41-5/h16-17,20,23H,6-15,18-19,31H2,1-5H3,(H,32,39)(H,33,35)(H,34,40). The number of aryl methyl sites for hydroxylation is 2. The molecule has 10 nitrogen and oxygen atoms in total. The van der Waals surface area contributed by atoms with Gasteiger partial charge in [0.25, 0.3) is 11.5 Å². The number of piperazine rings is 1. The van der Waals surface area contributed by atoms with Crippen LogP contribution in [0.25, 0.3) is 0 Å². The molecular formula is C30H48N8O2S. The third-order valence-corrected chi connectivity index (χ3v) is 8.82. The summed E-state index contributed by atoms with van der Waals surface area (Å²) in [7, 11) is 0. The minimum absolute atomic E-state index is 0.132.